The van der Waals surface area contributed by atoms with Gasteiger partial charge in [-0.25, -0.2) is 4.79 Å². The molecule has 8 nitrogen and oxygen atoms in total. The average Bonchev–Trinajstić information content (AvgIpc) is 3.03. The summed E-state index contributed by atoms with van der Waals surface area (Å²) in [7, 11) is 1.65. The Bertz CT molecular complexity index is 1370. The molecule has 218 valence electrons. The van der Waals surface area contributed by atoms with Crippen molar-refractivity contribution >= 4 is 17.7 Å². The van der Waals surface area contributed by atoms with E-state index in [-0.39, 0.29) is 6.61 Å². The smallest absolute Gasteiger partial charge is 0.405 e. The van der Waals surface area contributed by atoms with E-state index < -0.39 is 23.6 Å². The molecule has 0 unspecified atom stereocenters. The minimum atomic E-state index is -1.03. The Kier molecular flexibility index (Phi) is 10.7. The van der Waals surface area contributed by atoms with Gasteiger partial charge in [0.1, 0.15) is 5.75 Å². The monoisotopic (exact) mass is 567 g/mol. The Hall–Kier alpha value is -4.66. The Balaban J connectivity index is 1.50. The normalized spacial score (nSPS) is 11.9. The molecule has 0 aromatic heterocycles. The first-order valence-corrected chi connectivity index (χ1v) is 13.9. The fourth-order valence-corrected chi connectivity index (χ4v) is 5.05. The van der Waals surface area contributed by atoms with Gasteiger partial charge in [-0.15, -0.1) is 0 Å². The molecule has 8 heteroatoms. The number of nitrogens with one attached hydrogen (secondary N) is 2. The van der Waals surface area contributed by atoms with Crippen molar-refractivity contribution in [3.8, 4) is 5.75 Å². The van der Waals surface area contributed by atoms with Crippen molar-refractivity contribution in [3.05, 3.63) is 131 Å². The molecule has 0 aliphatic heterocycles. The molecule has 42 heavy (non-hydrogen) atoms. The average molecular weight is 568 g/mol. The second-order valence-electron chi connectivity index (χ2n) is 9.90. The molecule has 5 N–H and O–H groups in total. The molecule has 0 saturated heterocycles. The van der Waals surface area contributed by atoms with Gasteiger partial charge >= 0.3 is 6.09 Å². The van der Waals surface area contributed by atoms with E-state index in [9.17, 15) is 14.7 Å². The summed E-state index contributed by atoms with van der Waals surface area (Å²) in [5, 5.41) is 15.8. The number of primary amides is 1. The third kappa shape index (κ3) is 7.54. The molecule has 0 spiro atoms. The topological polar surface area (TPSA) is 123 Å². The quantitative estimate of drug-likeness (QED) is 0.120. The number of unbranched alkanes of at least 4 members (excludes halogenated alkanes) is 1. The van der Waals surface area contributed by atoms with E-state index in [4.69, 9.17) is 15.2 Å². The van der Waals surface area contributed by atoms with E-state index in [1.165, 1.54) is 0 Å². The standard InChI is InChI=1S/C34H37N3O5/c1-41-30-21-17-28(18-22-30)34(26-10-4-2-5-11-26,27-12-6-3-7-13-27)36-23-9-8-14-31(42-33(35)40)32(39)37-29-19-15-25(24-38)16-20-29/h2-7,10-13,15-22,31,36,38H,8-9,14,23-24H2,1H3,(H2,35,40)(H,37,39)/t31-/m0/s1. The lowest BCUT2D eigenvalue weighted by molar-refractivity contribution is -0.124. The zero-order valence-electron chi connectivity index (χ0n) is 23.7. The zero-order chi connectivity index (χ0) is 29.8. The molecule has 4 aromatic rings. The molecule has 0 saturated carbocycles. The molecule has 0 fully saturated rings. The first-order chi connectivity index (χ1) is 20.5. The fraction of sp³-hybridized carbons (Fsp3) is 0.235. The first kappa shape index (κ1) is 30.3. The highest BCUT2D eigenvalue weighted by Gasteiger charge is 2.35. The fourth-order valence-electron chi connectivity index (χ4n) is 5.05. The van der Waals surface area contributed by atoms with Crippen molar-refractivity contribution in [1.82, 2.24) is 5.32 Å². The second-order valence-corrected chi connectivity index (χ2v) is 9.90. The molecule has 1 atom stereocenters. The van der Waals surface area contributed by atoms with Crippen LogP contribution in [-0.2, 0) is 21.7 Å². The summed E-state index contributed by atoms with van der Waals surface area (Å²) in [6.45, 7) is 0.521. The highest BCUT2D eigenvalue weighted by atomic mass is 16.6. The number of nitrogens with two attached hydrogens (primary N) is 1. The lowest BCUT2D eigenvalue weighted by Gasteiger charge is -2.37. The van der Waals surface area contributed by atoms with Crippen molar-refractivity contribution in [2.75, 3.05) is 19.0 Å². The van der Waals surface area contributed by atoms with Crippen LogP contribution in [0.1, 0.15) is 41.5 Å². The summed E-state index contributed by atoms with van der Waals surface area (Å²) >= 11 is 0. The molecular weight excluding hydrogens is 530 g/mol. The van der Waals surface area contributed by atoms with E-state index >= 15 is 0 Å². The van der Waals surface area contributed by atoms with Crippen LogP contribution in [0.15, 0.2) is 109 Å². The lowest BCUT2D eigenvalue weighted by Crippen LogP contribution is -2.45. The predicted octanol–water partition coefficient (Wildman–Crippen LogP) is 5.34. The van der Waals surface area contributed by atoms with Crippen LogP contribution in [0.2, 0.25) is 0 Å². The molecule has 0 radical (unpaired) electrons. The van der Waals surface area contributed by atoms with Crippen molar-refractivity contribution in [2.45, 2.75) is 37.5 Å². The van der Waals surface area contributed by atoms with Crippen molar-refractivity contribution in [3.63, 3.8) is 0 Å². The largest absolute Gasteiger partial charge is 0.497 e. The Morgan fingerprint density at radius 2 is 1.38 bits per heavy atom. The van der Waals surface area contributed by atoms with Crippen LogP contribution < -0.4 is 21.1 Å². The lowest BCUT2D eigenvalue weighted by atomic mass is 9.77. The zero-order valence-corrected chi connectivity index (χ0v) is 23.7. The van der Waals surface area contributed by atoms with Crippen molar-refractivity contribution in [1.29, 1.82) is 0 Å². The van der Waals surface area contributed by atoms with Crippen LogP contribution in [0.4, 0.5) is 10.5 Å². The summed E-state index contributed by atoms with van der Waals surface area (Å²) in [6.07, 6.45) is -0.430. The summed E-state index contributed by atoms with van der Waals surface area (Å²) in [5.74, 6) is 0.316. The number of hydrogen-bond donors (Lipinski definition) is 4. The first-order valence-electron chi connectivity index (χ1n) is 13.9. The van der Waals surface area contributed by atoms with E-state index in [0.29, 0.717) is 31.5 Å². The minimum absolute atomic E-state index is 0.0933. The van der Waals surface area contributed by atoms with Crippen LogP contribution in [0.25, 0.3) is 0 Å². The number of hydrogen-bond acceptors (Lipinski definition) is 6. The third-order valence-corrected chi connectivity index (χ3v) is 7.17. The summed E-state index contributed by atoms with van der Waals surface area (Å²) < 4.78 is 10.6. The van der Waals surface area contributed by atoms with Gasteiger partial charge in [-0.05, 0) is 72.3 Å². The maximum absolute atomic E-state index is 12.9. The molecule has 0 bridgehead atoms. The molecule has 2 amide bonds. The summed E-state index contributed by atoms with van der Waals surface area (Å²) in [6, 6.07) is 35.4. The number of ether oxygens (including phenoxy) is 2. The van der Waals surface area contributed by atoms with E-state index in [1.807, 2.05) is 48.5 Å². The maximum Gasteiger partial charge on any atom is 0.405 e. The molecule has 0 aliphatic carbocycles. The molecule has 0 heterocycles. The van der Waals surface area contributed by atoms with Crippen LogP contribution in [0, 0.1) is 0 Å². The van der Waals surface area contributed by atoms with Gasteiger partial charge in [0.15, 0.2) is 6.10 Å². The van der Waals surface area contributed by atoms with Gasteiger partial charge < -0.3 is 25.6 Å². The number of methoxy groups -OCH3 is 1. The van der Waals surface area contributed by atoms with Gasteiger partial charge in [-0.3, -0.25) is 10.1 Å². The number of rotatable bonds is 14. The van der Waals surface area contributed by atoms with Crippen molar-refractivity contribution < 1.29 is 24.2 Å². The van der Waals surface area contributed by atoms with Gasteiger partial charge in [-0.2, -0.15) is 0 Å². The second kappa shape index (κ2) is 14.8. The van der Waals surface area contributed by atoms with Crippen LogP contribution >= 0.6 is 0 Å². The minimum Gasteiger partial charge on any atom is -0.497 e. The van der Waals surface area contributed by atoms with Crippen molar-refractivity contribution in [2.24, 2.45) is 5.73 Å². The van der Waals surface area contributed by atoms with Gasteiger partial charge in [-0.1, -0.05) is 84.9 Å². The van der Waals surface area contributed by atoms with Crippen LogP contribution in [0.5, 0.6) is 5.75 Å². The Morgan fingerprint density at radius 1 is 0.810 bits per heavy atom. The molecule has 4 aromatic carbocycles. The molecule has 4 rings (SSSR count). The highest BCUT2D eigenvalue weighted by Crippen LogP contribution is 2.37. The van der Waals surface area contributed by atoms with Crippen LogP contribution in [0.3, 0.4) is 0 Å². The van der Waals surface area contributed by atoms with Gasteiger partial charge in [0.05, 0.1) is 19.3 Å². The maximum atomic E-state index is 12.9. The number of aliphatic hydroxyl groups excluding tert-OH is 1. The third-order valence-electron chi connectivity index (χ3n) is 7.17. The van der Waals surface area contributed by atoms with Crippen LogP contribution in [-0.4, -0.2) is 36.9 Å². The summed E-state index contributed by atoms with van der Waals surface area (Å²) in [4.78, 5) is 24.5. The van der Waals surface area contributed by atoms with E-state index in [1.54, 1.807) is 31.4 Å². The SMILES string of the molecule is COc1ccc(C(NCCCC[C@H](OC(N)=O)C(=O)Nc2ccc(CO)cc2)(c2ccccc2)c2ccccc2)cc1. The Labute approximate surface area is 246 Å². The number of carbonyl (C=O) groups excluding carboxylic acids is 2. The van der Waals surface area contributed by atoms with Gasteiger partial charge in [0.25, 0.3) is 5.91 Å². The van der Waals surface area contributed by atoms with Gasteiger partial charge in [0, 0.05) is 5.69 Å². The Morgan fingerprint density at radius 3 is 1.90 bits per heavy atom. The number of amides is 2. The van der Waals surface area contributed by atoms with E-state index in [0.717, 1.165) is 28.0 Å². The van der Waals surface area contributed by atoms with Gasteiger partial charge in [0.2, 0.25) is 0 Å². The molecule has 0 aliphatic rings. The number of benzene rings is 4. The number of carbonyl (C=O) groups is 2. The predicted molar refractivity (Wildman–Crippen MR) is 163 cm³/mol. The number of aliphatic hydroxyl groups is 1. The van der Waals surface area contributed by atoms with E-state index in [2.05, 4.69) is 47.0 Å². The highest BCUT2D eigenvalue weighted by molar-refractivity contribution is 5.95. The summed E-state index contributed by atoms with van der Waals surface area (Å²) in [5.41, 5.74) is 9.12. The molecular formula is C34H37N3O5. The number of anilines is 1.